The van der Waals surface area contributed by atoms with Gasteiger partial charge >= 0.3 is 0 Å². The van der Waals surface area contributed by atoms with Gasteiger partial charge in [0.25, 0.3) is 5.91 Å². The number of anilines is 1. The summed E-state index contributed by atoms with van der Waals surface area (Å²) in [5, 5.41) is 14.9. The van der Waals surface area contributed by atoms with Gasteiger partial charge < -0.3 is 0 Å². The molecule has 0 aliphatic rings. The highest BCUT2D eigenvalue weighted by Crippen LogP contribution is 2.17. The van der Waals surface area contributed by atoms with Crippen LogP contribution in [-0.2, 0) is 6.54 Å². The number of aryl methyl sites for hydroxylation is 4. The molecule has 114 valence electrons. The maximum absolute atomic E-state index is 12.6. The zero-order valence-corrected chi connectivity index (χ0v) is 13.0. The fourth-order valence-corrected chi connectivity index (χ4v) is 2.44. The average molecular weight is 299 g/mol. The normalized spacial score (nSPS) is 11.1. The highest BCUT2D eigenvalue weighted by molar-refractivity contribution is 6.08. The van der Waals surface area contributed by atoms with Crippen LogP contribution in [0.5, 0.6) is 0 Å². The maximum atomic E-state index is 12.6. The minimum atomic E-state index is -0.285. The van der Waals surface area contributed by atoms with E-state index in [4.69, 9.17) is 0 Å². The zero-order chi connectivity index (χ0) is 15.9. The van der Waals surface area contributed by atoms with Gasteiger partial charge in [0.1, 0.15) is 11.9 Å². The van der Waals surface area contributed by atoms with Crippen molar-refractivity contribution in [1.82, 2.24) is 29.4 Å². The number of fused-ring (bicyclic) bond motifs is 1. The lowest BCUT2D eigenvalue weighted by Crippen LogP contribution is -2.17. The van der Waals surface area contributed by atoms with Crippen LogP contribution < -0.4 is 5.32 Å². The van der Waals surface area contributed by atoms with Crippen molar-refractivity contribution in [2.75, 3.05) is 5.32 Å². The lowest BCUT2D eigenvalue weighted by molar-refractivity contribution is 0.102. The standard InChI is InChI=1S/C14H17N7O/c1-5-20-7-15-18-14(20)17-13(22)11-10(4)19-21-9(3)6-8(2)16-12(11)21/h6-7H,5H2,1-4H3,(H,17,18,22). The summed E-state index contributed by atoms with van der Waals surface area (Å²) < 4.78 is 3.44. The summed E-state index contributed by atoms with van der Waals surface area (Å²) in [5.41, 5.74) is 3.41. The number of amides is 1. The first-order chi connectivity index (χ1) is 10.5. The lowest BCUT2D eigenvalue weighted by Gasteiger charge is -2.05. The Hall–Kier alpha value is -2.77. The van der Waals surface area contributed by atoms with E-state index in [2.05, 4.69) is 25.6 Å². The molecule has 0 aliphatic heterocycles. The highest BCUT2D eigenvalue weighted by Gasteiger charge is 2.21. The summed E-state index contributed by atoms with van der Waals surface area (Å²) in [7, 11) is 0. The molecule has 0 radical (unpaired) electrons. The number of hydrogen-bond donors (Lipinski definition) is 1. The Morgan fingerprint density at radius 3 is 2.82 bits per heavy atom. The Kier molecular flexibility index (Phi) is 3.36. The van der Waals surface area contributed by atoms with Crippen LogP contribution >= 0.6 is 0 Å². The van der Waals surface area contributed by atoms with Gasteiger partial charge in [0.2, 0.25) is 5.95 Å². The van der Waals surface area contributed by atoms with Crippen molar-refractivity contribution in [3.63, 3.8) is 0 Å². The molecule has 8 heteroatoms. The number of nitrogens with one attached hydrogen (secondary N) is 1. The second-order valence-corrected chi connectivity index (χ2v) is 5.13. The van der Waals surface area contributed by atoms with Crippen molar-refractivity contribution in [3.8, 4) is 0 Å². The first-order valence-corrected chi connectivity index (χ1v) is 7.04. The summed E-state index contributed by atoms with van der Waals surface area (Å²) in [4.78, 5) is 17.1. The van der Waals surface area contributed by atoms with Gasteiger partial charge in [-0.1, -0.05) is 0 Å². The largest absolute Gasteiger partial charge is 0.300 e. The van der Waals surface area contributed by atoms with E-state index in [-0.39, 0.29) is 5.91 Å². The molecule has 0 saturated heterocycles. The van der Waals surface area contributed by atoms with Gasteiger partial charge in [0.05, 0.1) is 5.69 Å². The molecule has 3 aromatic rings. The van der Waals surface area contributed by atoms with E-state index < -0.39 is 0 Å². The molecular weight excluding hydrogens is 282 g/mol. The third-order valence-corrected chi connectivity index (χ3v) is 3.48. The fourth-order valence-electron chi connectivity index (χ4n) is 2.44. The summed E-state index contributed by atoms with van der Waals surface area (Å²) in [6, 6.07) is 1.93. The first kappa shape index (κ1) is 14.2. The second kappa shape index (κ2) is 5.21. The number of nitrogens with zero attached hydrogens (tertiary/aromatic N) is 6. The summed E-state index contributed by atoms with van der Waals surface area (Å²) in [6.45, 7) is 8.25. The van der Waals surface area contributed by atoms with Crippen LogP contribution in [0.2, 0.25) is 0 Å². The molecule has 8 nitrogen and oxygen atoms in total. The van der Waals surface area contributed by atoms with Crippen molar-refractivity contribution in [2.45, 2.75) is 34.2 Å². The number of hydrogen-bond acceptors (Lipinski definition) is 5. The molecule has 0 unspecified atom stereocenters. The Balaban J connectivity index is 2.06. The highest BCUT2D eigenvalue weighted by atomic mass is 16.1. The Morgan fingerprint density at radius 2 is 2.09 bits per heavy atom. The lowest BCUT2D eigenvalue weighted by atomic mass is 10.2. The molecule has 0 spiro atoms. The third-order valence-electron chi connectivity index (χ3n) is 3.48. The first-order valence-electron chi connectivity index (χ1n) is 7.04. The summed E-state index contributed by atoms with van der Waals surface area (Å²) in [6.07, 6.45) is 1.57. The van der Waals surface area contributed by atoms with Gasteiger partial charge in [-0.15, -0.1) is 10.2 Å². The average Bonchev–Trinajstić information content (AvgIpc) is 3.02. The van der Waals surface area contributed by atoms with Crippen LogP contribution in [0, 0.1) is 20.8 Å². The van der Waals surface area contributed by atoms with Gasteiger partial charge in [-0.3, -0.25) is 14.7 Å². The Labute approximate surface area is 127 Å². The van der Waals surface area contributed by atoms with Crippen molar-refractivity contribution >= 4 is 17.5 Å². The molecule has 22 heavy (non-hydrogen) atoms. The van der Waals surface area contributed by atoms with Crippen LogP contribution in [0.4, 0.5) is 5.95 Å². The van der Waals surface area contributed by atoms with Gasteiger partial charge in [0, 0.05) is 17.9 Å². The molecule has 0 aliphatic carbocycles. The third kappa shape index (κ3) is 2.22. The van der Waals surface area contributed by atoms with Gasteiger partial charge in [0.15, 0.2) is 5.65 Å². The minimum absolute atomic E-state index is 0.285. The van der Waals surface area contributed by atoms with Crippen molar-refractivity contribution in [1.29, 1.82) is 0 Å². The fraction of sp³-hybridized carbons (Fsp3) is 0.357. The van der Waals surface area contributed by atoms with Crippen LogP contribution in [-0.4, -0.2) is 35.3 Å². The molecule has 0 fully saturated rings. The summed E-state index contributed by atoms with van der Waals surface area (Å²) in [5.74, 6) is 0.128. The minimum Gasteiger partial charge on any atom is -0.300 e. The van der Waals surface area contributed by atoms with E-state index in [0.717, 1.165) is 11.4 Å². The SMILES string of the molecule is CCn1cnnc1NC(=O)c1c(C)nn2c(C)cc(C)nc12. The van der Waals surface area contributed by atoms with E-state index in [1.807, 2.05) is 26.8 Å². The van der Waals surface area contributed by atoms with Gasteiger partial charge in [-0.05, 0) is 33.8 Å². The van der Waals surface area contributed by atoms with Crippen LogP contribution in [0.1, 0.15) is 34.4 Å². The number of carbonyl (C=O) groups is 1. The molecule has 3 aromatic heterocycles. The molecule has 0 atom stereocenters. The maximum Gasteiger partial charge on any atom is 0.263 e. The van der Waals surface area contributed by atoms with Crippen molar-refractivity contribution in [2.24, 2.45) is 0 Å². The van der Waals surface area contributed by atoms with Crippen LogP contribution in [0.25, 0.3) is 5.65 Å². The zero-order valence-electron chi connectivity index (χ0n) is 13.0. The van der Waals surface area contributed by atoms with E-state index in [1.165, 1.54) is 0 Å². The Morgan fingerprint density at radius 1 is 1.32 bits per heavy atom. The van der Waals surface area contributed by atoms with Gasteiger partial charge in [-0.25, -0.2) is 9.50 Å². The number of aromatic nitrogens is 6. The van der Waals surface area contributed by atoms with Gasteiger partial charge in [-0.2, -0.15) is 5.10 Å². The summed E-state index contributed by atoms with van der Waals surface area (Å²) >= 11 is 0. The quantitative estimate of drug-likeness (QED) is 0.792. The molecule has 0 saturated carbocycles. The van der Waals surface area contributed by atoms with Crippen LogP contribution in [0.3, 0.4) is 0 Å². The number of rotatable bonds is 3. The molecular formula is C14H17N7O. The predicted octanol–water partition coefficient (Wildman–Crippen LogP) is 1.52. The molecule has 0 aromatic carbocycles. The van der Waals surface area contributed by atoms with E-state index in [9.17, 15) is 4.79 Å². The monoisotopic (exact) mass is 299 g/mol. The molecule has 3 rings (SSSR count). The Bertz CT molecular complexity index is 862. The van der Waals surface area contributed by atoms with Crippen molar-refractivity contribution in [3.05, 3.63) is 35.0 Å². The smallest absolute Gasteiger partial charge is 0.263 e. The van der Waals surface area contributed by atoms with E-state index >= 15 is 0 Å². The van der Waals surface area contributed by atoms with E-state index in [1.54, 1.807) is 22.3 Å². The topological polar surface area (TPSA) is 90.0 Å². The van der Waals surface area contributed by atoms with E-state index in [0.29, 0.717) is 29.4 Å². The molecule has 1 amide bonds. The van der Waals surface area contributed by atoms with Crippen LogP contribution in [0.15, 0.2) is 12.4 Å². The molecule has 1 N–H and O–H groups in total. The second-order valence-electron chi connectivity index (χ2n) is 5.13. The van der Waals surface area contributed by atoms with Crippen molar-refractivity contribution < 1.29 is 4.79 Å². The molecule has 3 heterocycles. The molecule has 0 bridgehead atoms. The predicted molar refractivity (Wildman–Crippen MR) is 80.8 cm³/mol. The number of carbonyl (C=O) groups excluding carboxylic acids is 1.